The second-order valence-electron chi connectivity index (χ2n) is 4.51. The monoisotopic (exact) mass is 302 g/mol. The van der Waals surface area contributed by atoms with Gasteiger partial charge in [0.1, 0.15) is 6.10 Å². The Balaban J connectivity index is 2.65. The van der Waals surface area contributed by atoms with Crippen molar-refractivity contribution in [2.24, 2.45) is 5.73 Å². The Hall–Kier alpha value is -1.67. The summed E-state index contributed by atoms with van der Waals surface area (Å²) >= 11 is 0. The van der Waals surface area contributed by atoms with Crippen LogP contribution in [-0.2, 0) is 28.6 Å². The molecule has 1 aliphatic rings. The van der Waals surface area contributed by atoms with E-state index in [1.807, 2.05) is 0 Å². The first kappa shape index (κ1) is 17.4. The molecule has 120 valence electrons. The van der Waals surface area contributed by atoms with E-state index in [9.17, 15) is 14.4 Å². The van der Waals surface area contributed by atoms with Crippen molar-refractivity contribution in [3.63, 3.8) is 0 Å². The highest BCUT2D eigenvalue weighted by Gasteiger charge is 2.36. The third-order valence-electron chi connectivity index (χ3n) is 2.99. The van der Waals surface area contributed by atoms with Gasteiger partial charge in [-0.25, -0.2) is 9.59 Å². The van der Waals surface area contributed by atoms with Crippen LogP contribution in [0.15, 0.2) is 0 Å². The lowest BCUT2D eigenvalue weighted by Gasteiger charge is -2.18. The van der Waals surface area contributed by atoms with Crippen molar-refractivity contribution in [2.75, 3.05) is 19.8 Å². The SMILES string of the molecule is CCOC(=O)C(NC(=O)[C@@H]1CC[C@H](CN)O1)C(=O)OCC. The van der Waals surface area contributed by atoms with Crippen molar-refractivity contribution < 1.29 is 28.6 Å². The minimum absolute atomic E-state index is 0.0970. The molecule has 1 amide bonds. The van der Waals surface area contributed by atoms with Gasteiger partial charge in [0.15, 0.2) is 0 Å². The number of carbonyl (C=O) groups is 3. The third-order valence-corrected chi connectivity index (χ3v) is 2.99. The standard InChI is InChI=1S/C13H22N2O6/c1-3-19-12(17)10(13(18)20-4-2)15-11(16)9-6-5-8(7-14)21-9/h8-10H,3-7,14H2,1-2H3,(H,15,16)/t8-,9+/m1/s1. The molecule has 0 radical (unpaired) electrons. The highest BCUT2D eigenvalue weighted by Crippen LogP contribution is 2.19. The average Bonchev–Trinajstić information content (AvgIpc) is 2.93. The van der Waals surface area contributed by atoms with Crippen molar-refractivity contribution in [3.8, 4) is 0 Å². The Morgan fingerprint density at radius 1 is 1.19 bits per heavy atom. The zero-order valence-corrected chi connectivity index (χ0v) is 12.3. The maximum Gasteiger partial charge on any atom is 0.340 e. The molecule has 0 unspecified atom stereocenters. The number of hydrogen-bond acceptors (Lipinski definition) is 7. The highest BCUT2D eigenvalue weighted by molar-refractivity contribution is 6.02. The van der Waals surface area contributed by atoms with Gasteiger partial charge in [-0.05, 0) is 26.7 Å². The third kappa shape index (κ3) is 4.98. The van der Waals surface area contributed by atoms with Gasteiger partial charge in [-0.1, -0.05) is 0 Å². The van der Waals surface area contributed by atoms with E-state index in [4.69, 9.17) is 19.9 Å². The number of amides is 1. The zero-order chi connectivity index (χ0) is 15.8. The normalized spacial score (nSPS) is 21.1. The Labute approximate surface area is 123 Å². The lowest BCUT2D eigenvalue weighted by molar-refractivity contribution is -0.160. The number of ether oxygens (including phenoxy) is 3. The number of nitrogens with one attached hydrogen (secondary N) is 1. The van der Waals surface area contributed by atoms with Gasteiger partial charge in [0.25, 0.3) is 0 Å². The first-order valence-electron chi connectivity index (χ1n) is 7.02. The predicted molar refractivity (Wildman–Crippen MR) is 72.1 cm³/mol. The minimum atomic E-state index is -1.47. The van der Waals surface area contributed by atoms with Crippen molar-refractivity contribution in [1.82, 2.24) is 5.32 Å². The number of hydrogen-bond donors (Lipinski definition) is 2. The largest absolute Gasteiger partial charge is 0.464 e. The summed E-state index contributed by atoms with van der Waals surface area (Å²) in [5, 5.41) is 2.32. The highest BCUT2D eigenvalue weighted by atomic mass is 16.6. The van der Waals surface area contributed by atoms with Gasteiger partial charge in [-0.15, -0.1) is 0 Å². The molecule has 1 saturated heterocycles. The van der Waals surface area contributed by atoms with Crippen LogP contribution in [0, 0.1) is 0 Å². The van der Waals surface area contributed by atoms with E-state index in [1.54, 1.807) is 13.8 Å². The number of nitrogens with two attached hydrogens (primary N) is 1. The van der Waals surface area contributed by atoms with Crippen molar-refractivity contribution in [1.29, 1.82) is 0 Å². The van der Waals surface area contributed by atoms with E-state index < -0.39 is 30.0 Å². The van der Waals surface area contributed by atoms with Gasteiger partial charge < -0.3 is 25.3 Å². The minimum Gasteiger partial charge on any atom is -0.464 e. The Kier molecular flexibility index (Phi) is 7.10. The molecule has 3 N–H and O–H groups in total. The Morgan fingerprint density at radius 2 is 1.76 bits per heavy atom. The lowest BCUT2D eigenvalue weighted by atomic mass is 10.2. The van der Waals surface area contributed by atoms with E-state index in [1.165, 1.54) is 0 Å². The first-order chi connectivity index (χ1) is 10.0. The molecular weight excluding hydrogens is 280 g/mol. The summed E-state index contributed by atoms with van der Waals surface area (Å²) in [5.74, 6) is -2.24. The van der Waals surface area contributed by atoms with E-state index in [2.05, 4.69) is 5.32 Å². The number of esters is 2. The summed E-state index contributed by atoms with van der Waals surface area (Å²) in [6, 6.07) is -1.47. The molecule has 0 saturated carbocycles. The predicted octanol–water partition coefficient (Wildman–Crippen LogP) is -0.896. The average molecular weight is 302 g/mol. The maximum atomic E-state index is 12.0. The summed E-state index contributed by atoms with van der Waals surface area (Å²) in [5.41, 5.74) is 5.47. The number of rotatable bonds is 7. The molecule has 1 aliphatic heterocycles. The molecule has 21 heavy (non-hydrogen) atoms. The van der Waals surface area contributed by atoms with Crippen LogP contribution < -0.4 is 11.1 Å². The maximum absolute atomic E-state index is 12.0. The van der Waals surface area contributed by atoms with Crippen molar-refractivity contribution >= 4 is 17.8 Å². The van der Waals surface area contributed by atoms with Crippen LogP contribution in [0.25, 0.3) is 0 Å². The molecular formula is C13H22N2O6. The van der Waals surface area contributed by atoms with Crippen LogP contribution in [0.3, 0.4) is 0 Å². The smallest absolute Gasteiger partial charge is 0.340 e. The molecule has 1 fully saturated rings. The van der Waals surface area contributed by atoms with E-state index in [0.717, 1.165) is 0 Å². The Bertz CT molecular complexity index is 369. The molecule has 1 rings (SSSR count). The van der Waals surface area contributed by atoms with E-state index in [0.29, 0.717) is 19.4 Å². The molecule has 0 aromatic carbocycles. The molecule has 0 aliphatic carbocycles. The van der Waals surface area contributed by atoms with Crippen LogP contribution in [0.1, 0.15) is 26.7 Å². The first-order valence-corrected chi connectivity index (χ1v) is 7.02. The van der Waals surface area contributed by atoms with Gasteiger partial charge in [0.05, 0.1) is 19.3 Å². The quantitative estimate of drug-likeness (QED) is 0.462. The second kappa shape index (κ2) is 8.58. The van der Waals surface area contributed by atoms with Crippen LogP contribution in [-0.4, -0.2) is 55.9 Å². The van der Waals surface area contributed by atoms with Crippen molar-refractivity contribution in [3.05, 3.63) is 0 Å². The summed E-state index contributed by atoms with van der Waals surface area (Å²) in [4.78, 5) is 35.5. The lowest BCUT2D eigenvalue weighted by Crippen LogP contribution is -2.51. The summed E-state index contributed by atoms with van der Waals surface area (Å²) in [7, 11) is 0. The van der Waals surface area contributed by atoms with Crippen LogP contribution >= 0.6 is 0 Å². The van der Waals surface area contributed by atoms with E-state index >= 15 is 0 Å². The molecule has 8 nitrogen and oxygen atoms in total. The molecule has 2 atom stereocenters. The Morgan fingerprint density at radius 3 is 2.19 bits per heavy atom. The number of carbonyl (C=O) groups excluding carboxylic acids is 3. The summed E-state index contributed by atoms with van der Waals surface area (Å²) < 4.78 is 14.9. The van der Waals surface area contributed by atoms with Gasteiger partial charge in [-0.3, -0.25) is 4.79 Å². The molecule has 1 heterocycles. The van der Waals surface area contributed by atoms with Crippen LogP contribution in [0.2, 0.25) is 0 Å². The zero-order valence-electron chi connectivity index (χ0n) is 12.3. The second-order valence-corrected chi connectivity index (χ2v) is 4.51. The summed E-state index contributed by atoms with van der Waals surface area (Å²) in [6.45, 7) is 3.73. The van der Waals surface area contributed by atoms with E-state index in [-0.39, 0.29) is 19.3 Å². The molecule has 8 heteroatoms. The summed E-state index contributed by atoms with van der Waals surface area (Å²) in [6.07, 6.45) is 0.263. The molecule has 0 aromatic rings. The fourth-order valence-electron chi connectivity index (χ4n) is 1.97. The molecule has 0 aromatic heterocycles. The van der Waals surface area contributed by atoms with Gasteiger partial charge in [-0.2, -0.15) is 0 Å². The fraction of sp³-hybridized carbons (Fsp3) is 0.769. The molecule has 0 bridgehead atoms. The fourth-order valence-corrected chi connectivity index (χ4v) is 1.97. The van der Waals surface area contributed by atoms with Crippen molar-refractivity contribution in [2.45, 2.75) is 44.9 Å². The molecule has 0 spiro atoms. The van der Waals surface area contributed by atoms with Crippen LogP contribution in [0.5, 0.6) is 0 Å². The van der Waals surface area contributed by atoms with Gasteiger partial charge in [0, 0.05) is 6.54 Å². The topological polar surface area (TPSA) is 117 Å². The van der Waals surface area contributed by atoms with Crippen LogP contribution in [0.4, 0.5) is 0 Å². The van der Waals surface area contributed by atoms with Gasteiger partial charge >= 0.3 is 11.9 Å². The van der Waals surface area contributed by atoms with Gasteiger partial charge in [0.2, 0.25) is 11.9 Å².